The molecule has 0 aromatic heterocycles. The van der Waals surface area contributed by atoms with Gasteiger partial charge in [0.25, 0.3) is 0 Å². The normalized spacial score (nSPS) is 44.7. The minimum absolute atomic E-state index is 0.665. The van der Waals surface area contributed by atoms with Crippen LogP contribution in [-0.4, -0.2) is 5.88 Å². The summed E-state index contributed by atoms with van der Waals surface area (Å²) in [5.74, 6) is 2.77. The molecule has 1 heteroatoms. The van der Waals surface area contributed by atoms with Crippen LogP contribution in [0, 0.1) is 17.3 Å². The molecule has 0 bridgehead atoms. The Bertz CT molecular complexity index is 149. The van der Waals surface area contributed by atoms with Crippen LogP contribution in [-0.2, 0) is 0 Å². The highest BCUT2D eigenvalue weighted by molar-refractivity contribution is 6.18. The van der Waals surface area contributed by atoms with Gasteiger partial charge in [0.2, 0.25) is 0 Å². The molecule has 0 radical (unpaired) electrons. The van der Waals surface area contributed by atoms with E-state index in [1.807, 2.05) is 0 Å². The molecule has 11 heavy (non-hydrogen) atoms. The summed E-state index contributed by atoms with van der Waals surface area (Å²) < 4.78 is 0. The van der Waals surface area contributed by atoms with Crippen LogP contribution in [0.15, 0.2) is 0 Å². The van der Waals surface area contributed by atoms with Crippen LogP contribution in [0.1, 0.15) is 39.0 Å². The Morgan fingerprint density at radius 2 is 2.00 bits per heavy atom. The number of hydrogen-bond donors (Lipinski definition) is 0. The lowest BCUT2D eigenvalue weighted by atomic mass is 9.87. The highest BCUT2D eigenvalue weighted by Gasteiger charge is 2.54. The van der Waals surface area contributed by atoms with E-state index < -0.39 is 0 Å². The van der Waals surface area contributed by atoms with Crippen LogP contribution in [0.5, 0.6) is 0 Å². The van der Waals surface area contributed by atoms with Crippen molar-refractivity contribution in [1.29, 1.82) is 0 Å². The van der Waals surface area contributed by atoms with Crippen molar-refractivity contribution >= 4 is 11.6 Å². The number of halogens is 1. The smallest absolute Gasteiger partial charge is 0.0257 e. The van der Waals surface area contributed by atoms with Gasteiger partial charge in [0, 0.05) is 5.88 Å². The summed E-state index contributed by atoms with van der Waals surface area (Å²) in [6, 6.07) is 0. The van der Waals surface area contributed by atoms with Gasteiger partial charge in [0.15, 0.2) is 0 Å². The van der Waals surface area contributed by atoms with Crippen LogP contribution in [0.4, 0.5) is 0 Å². The largest absolute Gasteiger partial charge is 0.126 e. The highest BCUT2D eigenvalue weighted by atomic mass is 35.5. The molecule has 0 saturated heterocycles. The number of hydrogen-bond acceptors (Lipinski definition) is 0. The Kier molecular flexibility index (Phi) is 1.91. The van der Waals surface area contributed by atoms with Crippen molar-refractivity contribution < 1.29 is 0 Å². The molecule has 0 aromatic carbocycles. The molecule has 0 N–H and O–H groups in total. The molecule has 0 heterocycles. The van der Waals surface area contributed by atoms with Crippen molar-refractivity contribution in [3.05, 3.63) is 0 Å². The Balaban J connectivity index is 1.94. The predicted molar refractivity (Wildman–Crippen MR) is 48.9 cm³/mol. The SMILES string of the molecule is CC1(C2CCCC2)CC1CCl. The van der Waals surface area contributed by atoms with Crippen molar-refractivity contribution in [2.45, 2.75) is 39.0 Å². The summed E-state index contributed by atoms with van der Waals surface area (Å²) in [5.41, 5.74) is 0.665. The fourth-order valence-electron chi connectivity index (χ4n) is 2.79. The van der Waals surface area contributed by atoms with Crippen molar-refractivity contribution in [1.82, 2.24) is 0 Å². The standard InChI is InChI=1S/C10H17Cl/c1-10(6-9(10)7-11)8-4-2-3-5-8/h8-9H,2-7H2,1H3. The van der Waals surface area contributed by atoms with Gasteiger partial charge >= 0.3 is 0 Å². The fourth-order valence-corrected chi connectivity index (χ4v) is 3.25. The van der Waals surface area contributed by atoms with E-state index in [4.69, 9.17) is 11.6 Å². The third kappa shape index (κ3) is 1.20. The molecular weight excluding hydrogens is 156 g/mol. The lowest BCUT2D eigenvalue weighted by molar-refractivity contribution is 0.320. The zero-order chi connectivity index (χ0) is 7.90. The molecule has 0 nitrogen and oxygen atoms in total. The van der Waals surface area contributed by atoms with Crippen molar-refractivity contribution in [3.8, 4) is 0 Å². The quantitative estimate of drug-likeness (QED) is 0.560. The second kappa shape index (κ2) is 2.65. The second-order valence-corrected chi connectivity index (χ2v) is 4.85. The van der Waals surface area contributed by atoms with Crippen molar-refractivity contribution in [2.24, 2.45) is 17.3 Å². The van der Waals surface area contributed by atoms with Crippen LogP contribution in [0.25, 0.3) is 0 Å². The molecule has 0 aromatic rings. The van der Waals surface area contributed by atoms with E-state index >= 15 is 0 Å². The maximum absolute atomic E-state index is 5.86. The molecule has 64 valence electrons. The molecule has 2 unspecified atom stereocenters. The Hall–Kier alpha value is 0.290. The fraction of sp³-hybridized carbons (Fsp3) is 1.00. The van der Waals surface area contributed by atoms with Gasteiger partial charge < -0.3 is 0 Å². The first-order chi connectivity index (χ1) is 5.27. The molecule has 2 saturated carbocycles. The molecule has 2 rings (SSSR count). The predicted octanol–water partition coefficient (Wildman–Crippen LogP) is 3.44. The first kappa shape index (κ1) is 7.91. The molecule has 2 aliphatic rings. The molecule has 2 fully saturated rings. The lowest BCUT2D eigenvalue weighted by Gasteiger charge is -2.18. The summed E-state index contributed by atoms with van der Waals surface area (Å²) >= 11 is 5.86. The van der Waals surface area contributed by atoms with E-state index in [1.165, 1.54) is 32.1 Å². The van der Waals surface area contributed by atoms with Crippen LogP contribution < -0.4 is 0 Å². The van der Waals surface area contributed by atoms with Crippen LogP contribution in [0.3, 0.4) is 0 Å². The maximum atomic E-state index is 5.86. The third-order valence-electron chi connectivity index (χ3n) is 3.93. The van der Waals surface area contributed by atoms with Gasteiger partial charge in [-0.3, -0.25) is 0 Å². The number of alkyl halides is 1. The van der Waals surface area contributed by atoms with Gasteiger partial charge in [-0.05, 0) is 36.5 Å². The van der Waals surface area contributed by atoms with Gasteiger partial charge in [-0.1, -0.05) is 19.8 Å². The lowest BCUT2D eigenvalue weighted by Crippen LogP contribution is -2.11. The molecule has 0 spiro atoms. The second-order valence-electron chi connectivity index (χ2n) is 4.54. The van der Waals surface area contributed by atoms with E-state index in [9.17, 15) is 0 Å². The van der Waals surface area contributed by atoms with Gasteiger partial charge in [-0.2, -0.15) is 0 Å². The van der Waals surface area contributed by atoms with Crippen LogP contribution in [0.2, 0.25) is 0 Å². The molecule has 0 amide bonds. The van der Waals surface area contributed by atoms with Gasteiger partial charge in [0.1, 0.15) is 0 Å². The van der Waals surface area contributed by atoms with Crippen molar-refractivity contribution in [3.63, 3.8) is 0 Å². The zero-order valence-corrected chi connectivity index (χ0v) is 8.03. The van der Waals surface area contributed by atoms with E-state index in [1.54, 1.807) is 0 Å². The third-order valence-corrected chi connectivity index (χ3v) is 4.31. The van der Waals surface area contributed by atoms with E-state index in [0.717, 1.165) is 17.7 Å². The van der Waals surface area contributed by atoms with E-state index in [0.29, 0.717) is 5.41 Å². The Morgan fingerprint density at radius 1 is 1.36 bits per heavy atom. The molecule has 2 atom stereocenters. The van der Waals surface area contributed by atoms with E-state index in [-0.39, 0.29) is 0 Å². The molecule has 0 aliphatic heterocycles. The molecule has 2 aliphatic carbocycles. The Morgan fingerprint density at radius 3 is 2.45 bits per heavy atom. The maximum Gasteiger partial charge on any atom is 0.0257 e. The van der Waals surface area contributed by atoms with Gasteiger partial charge in [-0.15, -0.1) is 11.6 Å². The average molecular weight is 173 g/mol. The van der Waals surface area contributed by atoms with Crippen molar-refractivity contribution in [2.75, 3.05) is 5.88 Å². The van der Waals surface area contributed by atoms with E-state index in [2.05, 4.69) is 6.92 Å². The zero-order valence-electron chi connectivity index (χ0n) is 7.28. The average Bonchev–Trinajstić information content (AvgIpc) is 2.55. The summed E-state index contributed by atoms with van der Waals surface area (Å²) in [5, 5.41) is 0. The minimum Gasteiger partial charge on any atom is -0.126 e. The summed E-state index contributed by atoms with van der Waals surface area (Å²) in [6.07, 6.45) is 7.29. The first-order valence-electron chi connectivity index (χ1n) is 4.83. The summed E-state index contributed by atoms with van der Waals surface area (Å²) in [4.78, 5) is 0. The summed E-state index contributed by atoms with van der Waals surface area (Å²) in [7, 11) is 0. The summed E-state index contributed by atoms with van der Waals surface area (Å²) in [6.45, 7) is 2.44. The monoisotopic (exact) mass is 172 g/mol. The first-order valence-corrected chi connectivity index (χ1v) is 5.37. The number of rotatable bonds is 2. The van der Waals surface area contributed by atoms with Crippen LogP contribution >= 0.6 is 11.6 Å². The Labute approximate surface area is 74.3 Å². The van der Waals surface area contributed by atoms with Gasteiger partial charge in [0.05, 0.1) is 0 Å². The molecular formula is C10H17Cl. The topological polar surface area (TPSA) is 0 Å². The minimum atomic E-state index is 0.665. The highest BCUT2D eigenvalue weighted by Crippen LogP contribution is 2.61. The van der Waals surface area contributed by atoms with Gasteiger partial charge in [-0.25, -0.2) is 0 Å².